The number of halogens is 2. The van der Waals surface area contributed by atoms with Crippen molar-refractivity contribution < 1.29 is 23.9 Å². The van der Waals surface area contributed by atoms with Crippen LogP contribution in [-0.2, 0) is 9.59 Å². The van der Waals surface area contributed by atoms with Crippen LogP contribution in [0.25, 0.3) is 6.08 Å². The van der Waals surface area contributed by atoms with Gasteiger partial charge in [0.1, 0.15) is 0 Å². The molecule has 1 aliphatic rings. The van der Waals surface area contributed by atoms with E-state index in [0.717, 1.165) is 21.2 Å². The third-order valence-corrected chi connectivity index (χ3v) is 7.63. The summed E-state index contributed by atoms with van der Waals surface area (Å²) in [6, 6.07) is 18.6. The van der Waals surface area contributed by atoms with E-state index in [1.54, 1.807) is 72.8 Å². The standard InChI is InChI=1S/C26H19BrClN3O5S2/c1-35-21-11-15(7-10-20(21)36-14-23(32)29-17-8-9-18(27)19(28)13-17)12-22-25(34)31(26(37)38-22)30-24(33)16-5-3-2-4-6-16/h2-13H,14H2,1H3,(H,29,32)(H,30,33). The second kappa shape index (κ2) is 12.4. The van der Waals surface area contributed by atoms with Gasteiger partial charge in [0.2, 0.25) is 0 Å². The van der Waals surface area contributed by atoms with Crippen molar-refractivity contribution in [3.63, 3.8) is 0 Å². The number of rotatable bonds is 8. The first-order valence-corrected chi connectivity index (χ1v) is 13.3. The van der Waals surface area contributed by atoms with Gasteiger partial charge in [-0.25, -0.2) is 0 Å². The molecule has 1 heterocycles. The molecule has 0 unspecified atom stereocenters. The van der Waals surface area contributed by atoms with E-state index >= 15 is 0 Å². The number of amides is 3. The topological polar surface area (TPSA) is 97.0 Å². The smallest absolute Gasteiger partial charge is 0.285 e. The first-order valence-electron chi connectivity index (χ1n) is 10.9. The van der Waals surface area contributed by atoms with Crippen LogP contribution in [0.1, 0.15) is 15.9 Å². The predicted octanol–water partition coefficient (Wildman–Crippen LogP) is 5.67. The minimum absolute atomic E-state index is 0.204. The lowest BCUT2D eigenvalue weighted by molar-refractivity contribution is -0.123. The SMILES string of the molecule is COc1cc(C=C2SC(=S)N(NC(=O)c3ccccc3)C2=O)ccc1OCC(=O)Nc1ccc(Br)c(Cl)c1. The lowest BCUT2D eigenvalue weighted by Crippen LogP contribution is -2.44. The van der Waals surface area contributed by atoms with Gasteiger partial charge in [0.25, 0.3) is 17.7 Å². The number of carbonyl (C=O) groups excluding carboxylic acids is 3. The van der Waals surface area contributed by atoms with Crippen molar-refractivity contribution in [2.24, 2.45) is 0 Å². The first kappa shape index (κ1) is 27.6. The fourth-order valence-corrected chi connectivity index (χ4v) is 4.89. The molecule has 0 atom stereocenters. The monoisotopic (exact) mass is 631 g/mol. The normalized spacial score (nSPS) is 14.0. The maximum atomic E-state index is 12.9. The molecule has 1 saturated heterocycles. The van der Waals surface area contributed by atoms with Crippen LogP contribution in [0, 0.1) is 0 Å². The molecule has 0 aliphatic carbocycles. The number of thiocarbonyl (C=S) groups is 1. The Balaban J connectivity index is 1.40. The van der Waals surface area contributed by atoms with E-state index in [1.807, 2.05) is 0 Å². The van der Waals surface area contributed by atoms with Gasteiger partial charge in [-0.1, -0.05) is 47.6 Å². The summed E-state index contributed by atoms with van der Waals surface area (Å²) in [6.45, 7) is -0.261. The summed E-state index contributed by atoms with van der Waals surface area (Å²) in [7, 11) is 1.47. The number of ether oxygens (including phenoxy) is 2. The molecule has 4 rings (SSSR count). The molecule has 1 aliphatic heterocycles. The average molecular weight is 633 g/mol. The molecule has 0 radical (unpaired) electrons. The van der Waals surface area contributed by atoms with E-state index in [1.165, 1.54) is 7.11 Å². The fourth-order valence-electron chi connectivity index (χ4n) is 3.28. The number of hydrogen-bond donors (Lipinski definition) is 2. The Morgan fingerprint density at radius 2 is 1.87 bits per heavy atom. The fraction of sp³-hybridized carbons (Fsp3) is 0.0769. The van der Waals surface area contributed by atoms with Crippen molar-refractivity contribution in [3.8, 4) is 11.5 Å². The van der Waals surface area contributed by atoms with E-state index in [4.69, 9.17) is 33.3 Å². The van der Waals surface area contributed by atoms with Gasteiger partial charge in [-0.3, -0.25) is 19.8 Å². The zero-order valence-electron chi connectivity index (χ0n) is 19.7. The minimum atomic E-state index is -0.451. The molecule has 3 aromatic rings. The molecule has 1 fully saturated rings. The molecule has 194 valence electrons. The number of hydrogen-bond acceptors (Lipinski definition) is 7. The van der Waals surface area contributed by atoms with Gasteiger partial charge >= 0.3 is 0 Å². The highest BCUT2D eigenvalue weighted by atomic mass is 79.9. The Bertz CT molecular complexity index is 1450. The third kappa shape index (κ3) is 6.73. The molecule has 0 bridgehead atoms. The molecule has 8 nitrogen and oxygen atoms in total. The summed E-state index contributed by atoms with van der Waals surface area (Å²) >= 11 is 15.7. The highest BCUT2D eigenvalue weighted by Crippen LogP contribution is 2.34. The van der Waals surface area contributed by atoms with E-state index in [2.05, 4.69) is 26.7 Å². The molecule has 12 heteroatoms. The van der Waals surface area contributed by atoms with Crippen molar-refractivity contribution in [1.82, 2.24) is 10.4 Å². The Hall–Kier alpha value is -3.38. The highest BCUT2D eigenvalue weighted by Gasteiger charge is 2.33. The molecule has 3 amide bonds. The number of anilines is 1. The zero-order valence-corrected chi connectivity index (χ0v) is 23.7. The van der Waals surface area contributed by atoms with E-state index in [-0.39, 0.29) is 16.8 Å². The summed E-state index contributed by atoms with van der Waals surface area (Å²) in [5.41, 5.74) is 4.12. The van der Waals surface area contributed by atoms with Crippen LogP contribution >= 0.6 is 51.5 Å². The summed E-state index contributed by atoms with van der Waals surface area (Å²) in [5, 5.41) is 4.23. The van der Waals surface area contributed by atoms with E-state index in [9.17, 15) is 14.4 Å². The van der Waals surface area contributed by atoms with Crippen molar-refractivity contribution in [1.29, 1.82) is 0 Å². The second-order valence-corrected chi connectivity index (χ2v) is 10.6. The van der Waals surface area contributed by atoms with Crippen molar-refractivity contribution in [2.75, 3.05) is 19.0 Å². The zero-order chi connectivity index (χ0) is 27.2. The highest BCUT2D eigenvalue weighted by molar-refractivity contribution is 9.10. The lowest BCUT2D eigenvalue weighted by atomic mass is 10.2. The van der Waals surface area contributed by atoms with Gasteiger partial charge in [-0.05, 0) is 82.3 Å². The van der Waals surface area contributed by atoms with Crippen LogP contribution in [-0.4, -0.2) is 40.8 Å². The Kier molecular flexibility index (Phi) is 9.05. The van der Waals surface area contributed by atoms with Gasteiger partial charge in [0, 0.05) is 15.7 Å². The quantitative estimate of drug-likeness (QED) is 0.244. The number of hydrazine groups is 1. The van der Waals surface area contributed by atoms with Crippen molar-refractivity contribution >= 4 is 85.3 Å². The van der Waals surface area contributed by atoms with Crippen LogP contribution in [0.3, 0.4) is 0 Å². The third-order valence-electron chi connectivity index (χ3n) is 5.09. The maximum absolute atomic E-state index is 12.9. The number of thioether (sulfide) groups is 1. The van der Waals surface area contributed by atoms with Gasteiger partial charge in [0.15, 0.2) is 22.4 Å². The first-order chi connectivity index (χ1) is 18.2. The van der Waals surface area contributed by atoms with Gasteiger partial charge in [0.05, 0.1) is 17.0 Å². The molecule has 0 spiro atoms. The Labute approximate surface area is 241 Å². The summed E-state index contributed by atoms with van der Waals surface area (Å²) in [5.74, 6) is -0.565. The number of nitrogens with one attached hydrogen (secondary N) is 2. The van der Waals surface area contributed by atoms with Gasteiger partial charge < -0.3 is 14.8 Å². The van der Waals surface area contributed by atoms with E-state index in [0.29, 0.717) is 38.2 Å². The number of nitrogens with zero attached hydrogens (tertiary/aromatic N) is 1. The van der Waals surface area contributed by atoms with Crippen LogP contribution in [0.5, 0.6) is 11.5 Å². The van der Waals surface area contributed by atoms with Crippen LogP contribution < -0.4 is 20.2 Å². The molecular weight excluding hydrogens is 614 g/mol. The predicted molar refractivity (Wildman–Crippen MR) is 155 cm³/mol. The van der Waals surface area contributed by atoms with Crippen LogP contribution in [0.4, 0.5) is 5.69 Å². The molecule has 0 saturated carbocycles. The Morgan fingerprint density at radius 3 is 2.58 bits per heavy atom. The summed E-state index contributed by atoms with van der Waals surface area (Å²) in [4.78, 5) is 38.0. The van der Waals surface area contributed by atoms with Gasteiger partial charge in [-0.2, -0.15) is 5.01 Å². The van der Waals surface area contributed by atoms with E-state index < -0.39 is 11.8 Å². The van der Waals surface area contributed by atoms with Crippen LogP contribution in [0.15, 0.2) is 76.1 Å². The van der Waals surface area contributed by atoms with Gasteiger partial charge in [-0.15, -0.1) is 0 Å². The van der Waals surface area contributed by atoms with Crippen molar-refractivity contribution in [2.45, 2.75) is 0 Å². The largest absolute Gasteiger partial charge is 0.493 e. The van der Waals surface area contributed by atoms with Crippen LogP contribution in [0.2, 0.25) is 5.02 Å². The number of carbonyl (C=O) groups is 3. The maximum Gasteiger partial charge on any atom is 0.285 e. The lowest BCUT2D eigenvalue weighted by Gasteiger charge is -2.15. The molecule has 2 N–H and O–H groups in total. The average Bonchev–Trinajstić information content (AvgIpc) is 3.17. The second-order valence-electron chi connectivity index (χ2n) is 7.70. The molecule has 38 heavy (non-hydrogen) atoms. The molecule has 3 aromatic carbocycles. The number of benzene rings is 3. The summed E-state index contributed by atoms with van der Waals surface area (Å²) in [6.07, 6.45) is 1.63. The summed E-state index contributed by atoms with van der Waals surface area (Å²) < 4.78 is 12.0. The minimum Gasteiger partial charge on any atom is -0.493 e. The molecular formula is C26H19BrClN3O5S2. The van der Waals surface area contributed by atoms with Crippen molar-refractivity contribution in [3.05, 3.63) is 92.3 Å². The number of methoxy groups -OCH3 is 1. The molecule has 0 aromatic heterocycles. The Morgan fingerprint density at radius 1 is 1.11 bits per heavy atom.